The van der Waals surface area contributed by atoms with Crippen molar-refractivity contribution in [3.8, 4) is 108 Å². The molecule has 0 N–H and O–H groups in total. The van der Waals surface area contributed by atoms with E-state index in [1.54, 1.807) is 0 Å². The maximum atomic E-state index is 9.72. The molecule has 84 heavy (non-hydrogen) atoms. The number of hydrogen-bond acceptors (Lipinski definition) is 6. The molecule has 0 unspecified atom stereocenters. The molecule has 0 atom stereocenters. The lowest BCUT2D eigenvalue weighted by molar-refractivity contribution is 1.07. The Morgan fingerprint density at radius 2 is 0.631 bits per heavy atom. The zero-order valence-electron chi connectivity index (χ0n) is 44.6. The van der Waals surface area contributed by atoms with Crippen molar-refractivity contribution < 1.29 is 0 Å². The summed E-state index contributed by atoms with van der Waals surface area (Å²) in [7, 11) is 0. The Kier molecular flexibility index (Phi) is 12.2. The molecule has 0 radical (unpaired) electrons. The normalized spacial score (nSPS) is 11.0. The molecule has 3 aromatic heterocycles. The number of hydrogen-bond donors (Lipinski definition) is 0. The minimum Gasteiger partial charge on any atom is -0.308 e. The van der Waals surface area contributed by atoms with Gasteiger partial charge < -0.3 is 9.13 Å². The van der Waals surface area contributed by atoms with Crippen molar-refractivity contribution in [2.45, 2.75) is 0 Å². The summed E-state index contributed by atoms with van der Waals surface area (Å²) in [4.78, 5) is 23.4. The Labute approximate surface area is 482 Å². The van der Waals surface area contributed by atoms with Crippen LogP contribution in [-0.4, -0.2) is 24.1 Å². The van der Waals surface area contributed by atoms with Crippen LogP contribution in [0.4, 0.5) is 11.4 Å². The van der Waals surface area contributed by atoms with Crippen LogP contribution in [0.5, 0.6) is 0 Å². The Bertz CT molecular complexity index is 4910. The number of fused-ring (bicyclic) bond motifs is 6. The fourth-order valence-corrected chi connectivity index (χ4v) is 11.3. The number of nitriles is 3. The smallest absolute Gasteiger partial charge is 0.200 e. The van der Waals surface area contributed by atoms with Crippen molar-refractivity contribution in [1.29, 1.82) is 15.8 Å². The van der Waals surface area contributed by atoms with E-state index in [2.05, 4.69) is 116 Å². The monoisotopic (exact) mass is 1070 g/mol. The number of rotatable bonds is 9. The summed E-state index contributed by atoms with van der Waals surface area (Å²) in [5.74, 6) is 1.25. The van der Waals surface area contributed by atoms with Crippen LogP contribution in [0, 0.1) is 47.1 Å². The van der Waals surface area contributed by atoms with Crippen molar-refractivity contribution in [2.24, 2.45) is 0 Å². The van der Waals surface area contributed by atoms with E-state index in [1.165, 1.54) is 0 Å². The lowest BCUT2D eigenvalue weighted by atomic mass is 9.99. The molecule has 0 aliphatic heterocycles. The number of aromatic nitrogens is 5. The summed E-state index contributed by atoms with van der Waals surface area (Å²) in [6.07, 6.45) is 0. The maximum absolute atomic E-state index is 9.72. The molecule has 0 aliphatic rings. The third-order valence-corrected chi connectivity index (χ3v) is 15.5. The van der Waals surface area contributed by atoms with Gasteiger partial charge >= 0.3 is 0 Å². The largest absolute Gasteiger partial charge is 0.308 e. The third kappa shape index (κ3) is 8.70. The van der Waals surface area contributed by atoms with Gasteiger partial charge in [-0.05, 0) is 142 Å². The molecule has 0 bridgehead atoms. The number of benzene rings is 11. The topological polar surface area (TPSA) is 129 Å². The summed E-state index contributed by atoms with van der Waals surface area (Å²) in [6.45, 7) is 16.7. The Hall–Kier alpha value is -12.5. The van der Waals surface area contributed by atoms with Crippen LogP contribution in [0.3, 0.4) is 0 Å². The first-order valence-corrected chi connectivity index (χ1v) is 27.0. The first-order chi connectivity index (χ1) is 41.4. The van der Waals surface area contributed by atoms with Crippen LogP contribution < -0.4 is 0 Å². The molecular formula is C74H40N10. The van der Waals surface area contributed by atoms with Crippen molar-refractivity contribution in [3.05, 3.63) is 282 Å². The minimum atomic E-state index is 0.325. The molecule has 10 heteroatoms. The summed E-state index contributed by atoms with van der Waals surface area (Å²) in [5.41, 5.74) is 17.4. The summed E-state index contributed by atoms with van der Waals surface area (Å²) in [5, 5.41) is 33.0. The molecule has 3 heterocycles. The van der Waals surface area contributed by atoms with E-state index in [9.17, 15) is 15.8 Å². The van der Waals surface area contributed by atoms with E-state index in [1.807, 2.05) is 164 Å². The van der Waals surface area contributed by atoms with Gasteiger partial charge in [0.15, 0.2) is 28.8 Å². The van der Waals surface area contributed by atoms with Gasteiger partial charge in [0.25, 0.3) is 0 Å². The molecule has 0 saturated heterocycles. The third-order valence-electron chi connectivity index (χ3n) is 15.5. The Balaban J connectivity index is 1.10. The summed E-state index contributed by atoms with van der Waals surface area (Å²) >= 11 is 0. The highest BCUT2D eigenvalue weighted by atomic mass is 15.1. The minimum absolute atomic E-state index is 0.325. The molecule has 0 aliphatic carbocycles. The lowest BCUT2D eigenvalue weighted by Gasteiger charge is -2.20. The molecule has 0 amide bonds. The highest BCUT2D eigenvalue weighted by Crippen LogP contribution is 2.46. The van der Waals surface area contributed by atoms with Crippen LogP contribution >= 0.6 is 0 Å². The second-order valence-electron chi connectivity index (χ2n) is 20.3. The fraction of sp³-hybridized carbons (Fsp3) is 0. The quantitative estimate of drug-likeness (QED) is 0.132. The molecule has 14 aromatic rings. The van der Waals surface area contributed by atoms with Gasteiger partial charge in [-0.3, -0.25) is 0 Å². The van der Waals surface area contributed by atoms with E-state index < -0.39 is 0 Å². The predicted molar refractivity (Wildman–Crippen MR) is 333 cm³/mol. The van der Waals surface area contributed by atoms with Gasteiger partial charge in [-0.25, -0.2) is 24.6 Å². The average molecular weight is 1070 g/mol. The van der Waals surface area contributed by atoms with Crippen molar-refractivity contribution >= 4 is 55.0 Å². The van der Waals surface area contributed by atoms with Gasteiger partial charge in [0.05, 0.1) is 81.5 Å². The summed E-state index contributed by atoms with van der Waals surface area (Å²) in [6, 6.07) is 86.6. The standard InChI is InChI=1S/C74H40N10/c1-78-59-31-25-52(26-32-59)58-30-36-69-63(40-58)62-39-57(51-23-17-48(45-77)18-24-51)29-35-68(62)84(69)71-42-65(79-2)64(74-81-72(53-9-5-3-6-10-53)80-73(82-74)54-11-7-4-8-12-54)41-70(71)83-66-33-27-55(49-19-13-46(43-75)14-20-49)37-60(66)61-38-56(28-34-67(61)83)50-21-15-47(44-76)16-22-50/h3-42H. The molecular weight excluding hydrogens is 1030 g/mol. The van der Waals surface area contributed by atoms with Gasteiger partial charge in [0.1, 0.15) is 0 Å². The zero-order valence-corrected chi connectivity index (χ0v) is 44.6. The second kappa shape index (κ2) is 20.6. The van der Waals surface area contributed by atoms with E-state index >= 15 is 0 Å². The van der Waals surface area contributed by atoms with Gasteiger partial charge in [-0.15, -0.1) is 0 Å². The van der Waals surface area contributed by atoms with Crippen LogP contribution in [0.15, 0.2) is 243 Å². The predicted octanol–water partition coefficient (Wildman–Crippen LogP) is 18.5. The van der Waals surface area contributed by atoms with Crippen molar-refractivity contribution in [1.82, 2.24) is 24.1 Å². The molecule has 0 spiro atoms. The van der Waals surface area contributed by atoms with E-state index in [0.29, 0.717) is 51.1 Å². The first-order valence-electron chi connectivity index (χ1n) is 27.0. The molecule has 0 fully saturated rings. The maximum Gasteiger partial charge on any atom is 0.200 e. The Morgan fingerprint density at radius 1 is 0.310 bits per heavy atom. The molecule has 0 saturated carbocycles. The van der Waals surface area contributed by atoms with Crippen LogP contribution in [0.25, 0.3) is 143 Å². The first kappa shape index (κ1) is 49.8. The lowest BCUT2D eigenvalue weighted by Crippen LogP contribution is -2.06. The van der Waals surface area contributed by atoms with Gasteiger partial charge in [-0.2, -0.15) is 15.8 Å². The van der Waals surface area contributed by atoms with Crippen LogP contribution in [-0.2, 0) is 0 Å². The fourth-order valence-electron chi connectivity index (χ4n) is 11.3. The van der Waals surface area contributed by atoms with Crippen molar-refractivity contribution in [2.75, 3.05) is 0 Å². The molecule has 14 rings (SSSR count). The van der Waals surface area contributed by atoms with E-state index in [0.717, 1.165) is 111 Å². The number of nitrogens with zero attached hydrogens (tertiary/aromatic N) is 10. The van der Waals surface area contributed by atoms with E-state index in [-0.39, 0.29) is 0 Å². The highest BCUT2D eigenvalue weighted by molar-refractivity contribution is 6.14. The SMILES string of the molecule is [C-]#[N+]c1ccc(-c2ccc3c(c2)c2cc(-c4ccc(C#N)cc4)ccc2n3-c2cc([N+]#[C-])c(-c3nc(-c4ccccc4)nc(-c4ccccc4)n3)cc2-n2c3ccc(-c4ccc(C#N)cc4)cc3c3cc(-c4ccc(C#N)cc4)ccc32)cc1. The van der Waals surface area contributed by atoms with Crippen molar-refractivity contribution in [3.63, 3.8) is 0 Å². The average Bonchev–Trinajstić information content (AvgIpc) is 2.29. The Morgan fingerprint density at radius 3 is 0.964 bits per heavy atom. The van der Waals surface area contributed by atoms with Gasteiger partial charge in [0.2, 0.25) is 0 Å². The zero-order chi connectivity index (χ0) is 56.8. The second-order valence-corrected chi connectivity index (χ2v) is 20.3. The van der Waals surface area contributed by atoms with Crippen LogP contribution in [0.2, 0.25) is 0 Å². The van der Waals surface area contributed by atoms with E-state index in [4.69, 9.17) is 28.1 Å². The van der Waals surface area contributed by atoms with Gasteiger partial charge in [-0.1, -0.05) is 146 Å². The molecule has 10 nitrogen and oxygen atoms in total. The van der Waals surface area contributed by atoms with Gasteiger partial charge in [0, 0.05) is 38.2 Å². The molecule has 386 valence electrons. The molecule has 11 aromatic carbocycles. The van der Waals surface area contributed by atoms with Crippen LogP contribution in [0.1, 0.15) is 16.7 Å². The highest BCUT2D eigenvalue weighted by Gasteiger charge is 2.25. The summed E-state index contributed by atoms with van der Waals surface area (Å²) < 4.78 is 4.52.